The average molecular weight is 620 g/mol. The fourth-order valence-corrected chi connectivity index (χ4v) is 9.39. The first-order chi connectivity index (χ1) is 20.6. The molecule has 0 bridgehead atoms. The number of nitrogens with two attached hydrogens (primary N) is 1. The fourth-order valence-electron chi connectivity index (χ4n) is 5.67. The van der Waals surface area contributed by atoms with Crippen LogP contribution in [0.3, 0.4) is 0 Å². The van der Waals surface area contributed by atoms with E-state index in [0.29, 0.717) is 0 Å². The lowest BCUT2D eigenvalue weighted by Crippen LogP contribution is -1.88. The van der Waals surface area contributed by atoms with Crippen molar-refractivity contribution in [2.24, 2.45) is 0 Å². The summed E-state index contributed by atoms with van der Waals surface area (Å²) in [5, 5.41) is 0. The van der Waals surface area contributed by atoms with Gasteiger partial charge in [0.2, 0.25) is 0 Å². The van der Waals surface area contributed by atoms with E-state index in [-0.39, 0.29) is 0 Å². The molecule has 2 N–H and O–H groups in total. The topological polar surface area (TPSA) is 43.1 Å². The van der Waals surface area contributed by atoms with Gasteiger partial charge < -0.3 is 5.73 Å². The van der Waals surface area contributed by atoms with Crippen LogP contribution >= 0.6 is 34.0 Å². The maximum absolute atomic E-state index is 11.8. The second kappa shape index (κ2) is 17.2. The summed E-state index contributed by atoms with van der Waals surface area (Å²) in [4.78, 5) is 19.5. The largest absolute Gasteiger partial charge is 0.399 e. The number of unbranched alkanes of at least 4 members (excludes halogenated alkanes) is 9. The standard InChI is InChI=1S/C37H49NOS3/c1-4-7-10-13-16-28-23-32(26-39)40-36(28)33-25-30(18-15-12-9-6-3)37(42-33)34-24-29(17-14-11-8-5-2)35(41-34)27-19-21-31(38)22-20-27/h19-26H,4-18,38H2,1-3H3. The van der Waals surface area contributed by atoms with Gasteiger partial charge in [0.05, 0.1) is 4.88 Å². The maximum Gasteiger partial charge on any atom is 0.160 e. The second-order valence-electron chi connectivity index (χ2n) is 11.6. The molecule has 0 spiro atoms. The van der Waals surface area contributed by atoms with Gasteiger partial charge in [-0.15, -0.1) is 34.0 Å². The number of aldehydes is 1. The van der Waals surface area contributed by atoms with Crippen LogP contribution in [-0.4, -0.2) is 6.29 Å². The van der Waals surface area contributed by atoms with E-state index in [1.54, 1.807) is 11.3 Å². The number of nitrogen functional groups attached to an aromatic ring is 1. The molecule has 0 aliphatic rings. The normalized spacial score (nSPS) is 11.4. The van der Waals surface area contributed by atoms with E-state index in [2.05, 4.69) is 51.1 Å². The van der Waals surface area contributed by atoms with Crippen LogP contribution in [0, 0.1) is 0 Å². The summed E-state index contributed by atoms with van der Waals surface area (Å²) >= 11 is 5.58. The predicted octanol–water partition coefficient (Wildman–Crippen LogP) is 12.6. The Hall–Kier alpha value is -2.21. The van der Waals surface area contributed by atoms with Gasteiger partial charge in [0.15, 0.2) is 6.29 Å². The molecule has 0 amide bonds. The molecule has 4 rings (SSSR count). The molecule has 0 atom stereocenters. The number of hydrogen-bond acceptors (Lipinski definition) is 5. The summed E-state index contributed by atoms with van der Waals surface area (Å²) in [7, 11) is 0. The zero-order valence-corrected chi connectivity index (χ0v) is 28.4. The summed E-state index contributed by atoms with van der Waals surface area (Å²) in [5.74, 6) is 0. The molecule has 0 unspecified atom stereocenters. The Kier molecular flexibility index (Phi) is 13.4. The molecule has 3 heterocycles. The van der Waals surface area contributed by atoms with Gasteiger partial charge >= 0.3 is 0 Å². The monoisotopic (exact) mass is 619 g/mol. The van der Waals surface area contributed by atoms with Crippen molar-refractivity contribution >= 4 is 46.0 Å². The van der Waals surface area contributed by atoms with Crippen LogP contribution in [-0.2, 0) is 19.3 Å². The highest BCUT2D eigenvalue weighted by Crippen LogP contribution is 2.47. The van der Waals surface area contributed by atoms with Crippen LogP contribution in [0.4, 0.5) is 5.69 Å². The molecule has 0 saturated heterocycles. The first-order valence-electron chi connectivity index (χ1n) is 16.3. The molecule has 0 radical (unpaired) electrons. The lowest BCUT2D eigenvalue weighted by molar-refractivity contribution is 0.112. The number of carbonyl (C=O) groups is 1. The van der Waals surface area contributed by atoms with Gasteiger partial charge in [-0.05, 0) is 91.1 Å². The van der Waals surface area contributed by atoms with Gasteiger partial charge in [-0.1, -0.05) is 90.7 Å². The van der Waals surface area contributed by atoms with Crippen LogP contribution in [0.2, 0.25) is 0 Å². The number of carbonyl (C=O) groups excluding carboxylic acids is 1. The summed E-state index contributed by atoms with van der Waals surface area (Å²) in [6, 6.07) is 15.5. The molecular formula is C37H49NOS3. The minimum absolute atomic E-state index is 0.813. The van der Waals surface area contributed by atoms with E-state index < -0.39 is 0 Å². The van der Waals surface area contributed by atoms with Crippen molar-refractivity contribution in [3.8, 4) is 29.9 Å². The summed E-state index contributed by atoms with van der Waals surface area (Å²) in [5.41, 5.74) is 12.4. The molecule has 42 heavy (non-hydrogen) atoms. The first-order valence-corrected chi connectivity index (χ1v) is 18.7. The Bertz CT molecular complexity index is 1370. The molecule has 3 aromatic heterocycles. The van der Waals surface area contributed by atoms with Crippen molar-refractivity contribution < 1.29 is 4.79 Å². The lowest BCUT2D eigenvalue weighted by Gasteiger charge is -2.04. The van der Waals surface area contributed by atoms with Gasteiger partial charge in [0, 0.05) is 30.1 Å². The predicted molar refractivity (Wildman–Crippen MR) is 190 cm³/mol. The SMILES string of the molecule is CCCCCCc1cc(-c2sc(-c3sc(C=O)cc3CCCCCC)cc2CCCCCC)sc1-c1ccc(N)cc1. The third kappa shape index (κ3) is 8.90. The maximum atomic E-state index is 11.8. The van der Waals surface area contributed by atoms with Gasteiger partial charge in [-0.2, -0.15) is 0 Å². The number of anilines is 1. The third-order valence-electron chi connectivity index (χ3n) is 8.08. The van der Waals surface area contributed by atoms with Crippen LogP contribution in [0.25, 0.3) is 29.9 Å². The molecule has 0 saturated carbocycles. The van der Waals surface area contributed by atoms with Gasteiger partial charge in [0.1, 0.15) is 0 Å². The number of thiophene rings is 3. The van der Waals surface area contributed by atoms with E-state index in [0.717, 1.165) is 36.1 Å². The average Bonchev–Trinajstić information content (AvgIpc) is 3.73. The molecule has 4 aromatic rings. The van der Waals surface area contributed by atoms with Gasteiger partial charge in [-0.3, -0.25) is 4.79 Å². The molecule has 0 aliphatic heterocycles. The van der Waals surface area contributed by atoms with Crippen molar-refractivity contribution in [1.82, 2.24) is 0 Å². The Labute approximate surface area is 266 Å². The molecule has 2 nitrogen and oxygen atoms in total. The van der Waals surface area contributed by atoms with Crippen molar-refractivity contribution in [3.05, 3.63) is 64.0 Å². The van der Waals surface area contributed by atoms with E-state index in [4.69, 9.17) is 5.73 Å². The van der Waals surface area contributed by atoms with Crippen molar-refractivity contribution in [2.75, 3.05) is 5.73 Å². The molecule has 5 heteroatoms. The van der Waals surface area contributed by atoms with Crippen LogP contribution in [0.15, 0.2) is 42.5 Å². The first kappa shape index (κ1) is 32.7. The lowest BCUT2D eigenvalue weighted by atomic mass is 10.0. The van der Waals surface area contributed by atoms with E-state index in [1.807, 2.05) is 34.8 Å². The second-order valence-corrected chi connectivity index (χ2v) is 14.8. The Balaban J connectivity index is 1.73. The minimum Gasteiger partial charge on any atom is -0.399 e. The number of rotatable bonds is 19. The molecule has 226 valence electrons. The summed E-state index contributed by atoms with van der Waals surface area (Å²) in [6.07, 6.45) is 19.4. The zero-order chi connectivity index (χ0) is 29.7. The number of hydrogen-bond donors (Lipinski definition) is 1. The molecule has 0 aliphatic carbocycles. The molecule has 1 aromatic carbocycles. The van der Waals surface area contributed by atoms with Gasteiger partial charge in [0.25, 0.3) is 0 Å². The highest BCUT2D eigenvalue weighted by atomic mass is 32.1. The van der Waals surface area contributed by atoms with E-state index >= 15 is 0 Å². The van der Waals surface area contributed by atoms with Gasteiger partial charge in [-0.25, -0.2) is 0 Å². The van der Waals surface area contributed by atoms with Crippen molar-refractivity contribution in [1.29, 1.82) is 0 Å². The summed E-state index contributed by atoms with van der Waals surface area (Å²) in [6.45, 7) is 6.82. The Morgan fingerprint density at radius 2 is 1.02 bits per heavy atom. The van der Waals surface area contributed by atoms with Crippen molar-refractivity contribution in [2.45, 2.75) is 117 Å². The quantitative estimate of drug-likeness (QED) is 0.0644. The van der Waals surface area contributed by atoms with E-state index in [1.165, 1.54) is 124 Å². The molecular weight excluding hydrogens is 571 g/mol. The van der Waals surface area contributed by atoms with Crippen LogP contribution in [0.5, 0.6) is 0 Å². The Morgan fingerprint density at radius 3 is 1.52 bits per heavy atom. The highest BCUT2D eigenvalue weighted by Gasteiger charge is 2.20. The fraction of sp³-hybridized carbons (Fsp3) is 0.486. The van der Waals surface area contributed by atoms with Crippen molar-refractivity contribution in [3.63, 3.8) is 0 Å². The van der Waals surface area contributed by atoms with Crippen LogP contribution in [0.1, 0.15) is 124 Å². The smallest absolute Gasteiger partial charge is 0.160 e. The third-order valence-corrected chi connectivity index (χ3v) is 11.9. The Morgan fingerprint density at radius 1 is 0.571 bits per heavy atom. The van der Waals surface area contributed by atoms with E-state index in [9.17, 15) is 4.79 Å². The summed E-state index contributed by atoms with van der Waals surface area (Å²) < 4.78 is 0. The highest BCUT2D eigenvalue weighted by molar-refractivity contribution is 7.27. The molecule has 0 fully saturated rings. The number of aryl methyl sites for hydroxylation is 3. The zero-order valence-electron chi connectivity index (χ0n) is 25.9. The number of benzene rings is 1. The minimum atomic E-state index is 0.813. The van der Waals surface area contributed by atoms with Crippen LogP contribution < -0.4 is 5.73 Å².